The van der Waals surface area contributed by atoms with Gasteiger partial charge in [0.25, 0.3) is 0 Å². The summed E-state index contributed by atoms with van der Waals surface area (Å²) in [5.41, 5.74) is 5.63. The summed E-state index contributed by atoms with van der Waals surface area (Å²) in [6.07, 6.45) is 2.52. The van der Waals surface area contributed by atoms with E-state index in [0.29, 0.717) is 0 Å². The van der Waals surface area contributed by atoms with Crippen LogP contribution in [0.2, 0.25) is 0 Å². The van der Waals surface area contributed by atoms with Gasteiger partial charge in [0.2, 0.25) is 0 Å². The summed E-state index contributed by atoms with van der Waals surface area (Å²) in [6.45, 7) is 2.88. The third-order valence-electron chi connectivity index (χ3n) is 2.13. The summed E-state index contributed by atoms with van der Waals surface area (Å²) >= 11 is 0. The second kappa shape index (κ2) is 4.42. The Morgan fingerprint density at radius 3 is 2.58 bits per heavy atom. The van der Waals surface area contributed by atoms with Crippen LogP contribution in [0.3, 0.4) is 0 Å². The number of nitrogens with two attached hydrogens (primary N) is 1. The summed E-state index contributed by atoms with van der Waals surface area (Å²) in [4.78, 5) is 12.5. The molecule has 3 N–H and O–H groups in total. The van der Waals surface area contributed by atoms with Gasteiger partial charge in [-0.1, -0.05) is 0 Å². The summed E-state index contributed by atoms with van der Waals surface area (Å²) in [5, 5.41) is 8.46. The van der Waals surface area contributed by atoms with Crippen molar-refractivity contribution in [1.29, 1.82) is 0 Å². The molecule has 1 aliphatic heterocycles. The van der Waals surface area contributed by atoms with Gasteiger partial charge in [-0.2, -0.15) is 0 Å². The van der Waals surface area contributed by atoms with Gasteiger partial charge in [-0.25, -0.2) is 0 Å². The first-order valence-electron chi connectivity index (χ1n) is 4.38. The molecule has 1 unspecified atom stereocenters. The van der Waals surface area contributed by atoms with Crippen LogP contribution < -0.4 is 5.73 Å². The van der Waals surface area contributed by atoms with E-state index in [2.05, 4.69) is 4.90 Å². The van der Waals surface area contributed by atoms with Gasteiger partial charge in [-0.05, 0) is 25.9 Å². The zero-order valence-corrected chi connectivity index (χ0v) is 7.20. The number of carboxylic acids is 1. The van der Waals surface area contributed by atoms with E-state index in [1.807, 2.05) is 0 Å². The van der Waals surface area contributed by atoms with Gasteiger partial charge in [0.1, 0.15) is 0 Å². The van der Waals surface area contributed by atoms with Crippen molar-refractivity contribution in [1.82, 2.24) is 4.90 Å². The van der Waals surface area contributed by atoms with Crippen molar-refractivity contribution in [2.75, 3.05) is 19.6 Å². The minimum Gasteiger partial charge on any atom is -0.481 e. The Hall–Kier alpha value is -0.610. The van der Waals surface area contributed by atoms with Gasteiger partial charge in [0, 0.05) is 12.6 Å². The Morgan fingerprint density at radius 1 is 1.50 bits per heavy atom. The van der Waals surface area contributed by atoms with Crippen LogP contribution in [0.1, 0.15) is 19.3 Å². The van der Waals surface area contributed by atoms with E-state index in [4.69, 9.17) is 10.8 Å². The zero-order chi connectivity index (χ0) is 8.97. The number of carboxylic acid groups (broad SMARTS) is 1. The highest BCUT2D eigenvalue weighted by Gasteiger charge is 2.16. The fourth-order valence-electron chi connectivity index (χ4n) is 1.59. The lowest BCUT2D eigenvalue weighted by Crippen LogP contribution is -2.37. The molecule has 0 aliphatic carbocycles. The largest absolute Gasteiger partial charge is 0.481 e. The smallest absolute Gasteiger partial charge is 0.304 e. The van der Waals surface area contributed by atoms with Crippen molar-refractivity contribution < 1.29 is 9.90 Å². The van der Waals surface area contributed by atoms with E-state index in [1.165, 1.54) is 12.8 Å². The molecule has 0 spiro atoms. The molecule has 0 saturated carbocycles. The first kappa shape index (κ1) is 9.48. The summed E-state index contributed by atoms with van der Waals surface area (Å²) < 4.78 is 0. The first-order chi connectivity index (χ1) is 5.68. The predicted octanol–water partition coefficient (Wildman–Crippen LogP) is -0.116. The normalized spacial score (nSPS) is 21.1. The van der Waals surface area contributed by atoms with Crippen LogP contribution in [0.25, 0.3) is 0 Å². The molecule has 1 saturated heterocycles. The number of nitrogens with zero attached hydrogens (tertiary/aromatic N) is 1. The topological polar surface area (TPSA) is 66.6 Å². The zero-order valence-electron chi connectivity index (χ0n) is 7.20. The van der Waals surface area contributed by atoms with Crippen molar-refractivity contribution in [3.63, 3.8) is 0 Å². The predicted molar refractivity (Wildman–Crippen MR) is 45.9 cm³/mol. The van der Waals surface area contributed by atoms with Crippen molar-refractivity contribution in [2.45, 2.75) is 25.3 Å². The van der Waals surface area contributed by atoms with Crippen LogP contribution in [0.15, 0.2) is 0 Å². The van der Waals surface area contributed by atoms with E-state index in [9.17, 15) is 4.79 Å². The monoisotopic (exact) mass is 172 g/mol. The number of hydrogen-bond donors (Lipinski definition) is 2. The van der Waals surface area contributed by atoms with E-state index in [-0.39, 0.29) is 12.5 Å². The molecule has 1 aliphatic rings. The molecule has 0 bridgehead atoms. The Balaban J connectivity index is 2.16. The first-order valence-corrected chi connectivity index (χ1v) is 4.38. The molecule has 1 heterocycles. The standard InChI is InChI=1S/C8H16N2O2/c9-7(5-8(11)12)6-10-3-1-2-4-10/h7H,1-6,9H2,(H,11,12). The lowest BCUT2D eigenvalue weighted by atomic mass is 10.2. The maximum Gasteiger partial charge on any atom is 0.304 e. The van der Waals surface area contributed by atoms with Gasteiger partial charge in [-0.3, -0.25) is 4.79 Å². The summed E-state index contributed by atoms with van der Waals surface area (Å²) in [7, 11) is 0. The molecule has 4 nitrogen and oxygen atoms in total. The molecule has 0 aromatic rings. The number of rotatable bonds is 4. The Kier molecular flexibility index (Phi) is 3.49. The number of likely N-dealkylation sites (tertiary alicyclic amines) is 1. The Morgan fingerprint density at radius 2 is 2.08 bits per heavy atom. The highest BCUT2D eigenvalue weighted by atomic mass is 16.4. The van der Waals surface area contributed by atoms with Crippen LogP contribution in [0.4, 0.5) is 0 Å². The Bertz CT molecular complexity index is 155. The number of carbonyl (C=O) groups is 1. The van der Waals surface area contributed by atoms with Crippen LogP contribution in [0, 0.1) is 0 Å². The fourth-order valence-corrected chi connectivity index (χ4v) is 1.59. The molecule has 1 atom stereocenters. The molecule has 1 fully saturated rings. The van der Waals surface area contributed by atoms with Gasteiger partial charge in [0.05, 0.1) is 6.42 Å². The molecule has 0 aromatic heterocycles. The highest BCUT2D eigenvalue weighted by molar-refractivity contribution is 5.67. The molecular formula is C8H16N2O2. The number of aliphatic carboxylic acids is 1. The minimum absolute atomic E-state index is 0.0799. The summed E-state index contributed by atoms with van der Waals surface area (Å²) in [5.74, 6) is -0.804. The summed E-state index contributed by atoms with van der Waals surface area (Å²) in [6, 6.07) is -0.208. The van der Waals surface area contributed by atoms with Crippen molar-refractivity contribution in [3.05, 3.63) is 0 Å². The lowest BCUT2D eigenvalue weighted by Gasteiger charge is -2.18. The van der Waals surface area contributed by atoms with Gasteiger partial charge in [0.15, 0.2) is 0 Å². The van der Waals surface area contributed by atoms with E-state index < -0.39 is 5.97 Å². The third kappa shape index (κ3) is 3.19. The van der Waals surface area contributed by atoms with Gasteiger partial charge in [-0.15, -0.1) is 0 Å². The SMILES string of the molecule is NC(CC(=O)O)CN1CCCC1. The van der Waals surface area contributed by atoms with Crippen LogP contribution in [-0.2, 0) is 4.79 Å². The highest BCUT2D eigenvalue weighted by Crippen LogP contribution is 2.07. The van der Waals surface area contributed by atoms with E-state index in [0.717, 1.165) is 19.6 Å². The van der Waals surface area contributed by atoms with Gasteiger partial charge < -0.3 is 15.7 Å². The van der Waals surface area contributed by atoms with Crippen molar-refractivity contribution in [3.8, 4) is 0 Å². The molecule has 0 radical (unpaired) electrons. The minimum atomic E-state index is -0.804. The number of hydrogen-bond acceptors (Lipinski definition) is 3. The van der Waals surface area contributed by atoms with E-state index in [1.54, 1.807) is 0 Å². The average molecular weight is 172 g/mol. The van der Waals surface area contributed by atoms with E-state index >= 15 is 0 Å². The maximum absolute atomic E-state index is 10.3. The van der Waals surface area contributed by atoms with Crippen LogP contribution in [0.5, 0.6) is 0 Å². The van der Waals surface area contributed by atoms with Crippen molar-refractivity contribution in [2.24, 2.45) is 5.73 Å². The molecule has 0 amide bonds. The lowest BCUT2D eigenvalue weighted by molar-refractivity contribution is -0.137. The quantitative estimate of drug-likeness (QED) is 0.620. The molecule has 0 aromatic carbocycles. The Labute approximate surface area is 72.3 Å². The fraction of sp³-hybridized carbons (Fsp3) is 0.875. The molecule has 12 heavy (non-hydrogen) atoms. The maximum atomic E-state index is 10.3. The second-order valence-electron chi connectivity index (χ2n) is 3.37. The van der Waals surface area contributed by atoms with Crippen LogP contribution in [-0.4, -0.2) is 41.7 Å². The molecular weight excluding hydrogens is 156 g/mol. The van der Waals surface area contributed by atoms with Gasteiger partial charge >= 0.3 is 5.97 Å². The molecule has 70 valence electrons. The second-order valence-corrected chi connectivity index (χ2v) is 3.37. The van der Waals surface area contributed by atoms with Crippen LogP contribution >= 0.6 is 0 Å². The molecule has 4 heteroatoms. The van der Waals surface area contributed by atoms with Crippen molar-refractivity contribution >= 4 is 5.97 Å². The average Bonchev–Trinajstić information content (AvgIpc) is 2.37. The molecule has 1 rings (SSSR count). The third-order valence-corrected chi connectivity index (χ3v) is 2.13.